The third-order valence-electron chi connectivity index (χ3n) is 6.62. The lowest BCUT2D eigenvalue weighted by molar-refractivity contribution is -0.146. The van der Waals surface area contributed by atoms with E-state index in [0.717, 1.165) is 5.56 Å². The number of carbonyl (C=O) groups is 1. The molecule has 2 fully saturated rings. The molecule has 3 aliphatic heterocycles. The van der Waals surface area contributed by atoms with Gasteiger partial charge in [-0.3, -0.25) is 4.79 Å². The minimum atomic E-state index is -3.85. The van der Waals surface area contributed by atoms with Crippen molar-refractivity contribution in [3.63, 3.8) is 0 Å². The first-order valence-electron chi connectivity index (χ1n) is 12.0. The number of amides is 1. The maximum absolute atomic E-state index is 13.4. The normalized spacial score (nSPS) is 26.5. The van der Waals surface area contributed by atoms with Crippen LogP contribution < -0.4 is 14.8 Å². The van der Waals surface area contributed by atoms with Gasteiger partial charge in [-0.05, 0) is 42.7 Å². The maximum Gasteiger partial charge on any atom is 0.243 e. The van der Waals surface area contributed by atoms with Crippen molar-refractivity contribution in [3.8, 4) is 11.5 Å². The van der Waals surface area contributed by atoms with E-state index in [0.29, 0.717) is 30.9 Å². The predicted molar refractivity (Wildman–Crippen MR) is 128 cm³/mol. The number of benzene rings is 2. The number of rotatable bonds is 6. The quantitative estimate of drug-likeness (QED) is 0.589. The molecule has 0 unspecified atom stereocenters. The minimum Gasteiger partial charge on any atom is -0.454 e. The van der Waals surface area contributed by atoms with Crippen molar-refractivity contribution in [1.82, 2.24) is 9.62 Å². The van der Waals surface area contributed by atoms with Gasteiger partial charge in [-0.1, -0.05) is 24.3 Å². The average molecular weight is 519 g/mol. The van der Waals surface area contributed by atoms with Gasteiger partial charge < -0.3 is 29.4 Å². The molecular weight excluding hydrogens is 488 g/mol. The highest BCUT2D eigenvalue weighted by Crippen LogP contribution is 2.33. The van der Waals surface area contributed by atoms with Gasteiger partial charge in [-0.25, -0.2) is 8.42 Å². The Morgan fingerprint density at radius 1 is 1.06 bits per heavy atom. The Hall–Kier alpha value is -2.70. The molecule has 10 nitrogen and oxygen atoms in total. The number of β-amino-alcohol motifs (C(OH)–C–C–N with tert-alkyl or cyclic N) is 1. The second-order valence-corrected chi connectivity index (χ2v) is 11.1. The van der Waals surface area contributed by atoms with Crippen molar-refractivity contribution in [2.75, 3.05) is 26.6 Å². The molecule has 2 aromatic rings. The molecule has 3 aliphatic rings. The molecule has 0 spiro atoms. The third-order valence-corrected chi connectivity index (χ3v) is 8.53. The van der Waals surface area contributed by atoms with Crippen LogP contribution in [0.1, 0.15) is 24.8 Å². The van der Waals surface area contributed by atoms with Gasteiger partial charge in [0.15, 0.2) is 11.5 Å². The molecule has 5 rings (SSSR count). The molecular formula is C25H30N2O8S. The number of carbonyl (C=O) groups excluding carboxylic acids is 1. The Balaban J connectivity index is 1.22. The summed E-state index contributed by atoms with van der Waals surface area (Å²) in [5, 5.41) is 13.2. The first-order valence-corrected chi connectivity index (χ1v) is 13.5. The maximum atomic E-state index is 13.4. The van der Waals surface area contributed by atoms with Gasteiger partial charge in [0.05, 0.1) is 48.9 Å². The second kappa shape index (κ2) is 10.7. The van der Waals surface area contributed by atoms with Crippen LogP contribution in [0.2, 0.25) is 0 Å². The van der Waals surface area contributed by atoms with Crippen LogP contribution in [0.15, 0.2) is 53.4 Å². The van der Waals surface area contributed by atoms with E-state index in [1.807, 2.05) is 18.2 Å². The van der Waals surface area contributed by atoms with Crippen LogP contribution in [-0.4, -0.2) is 74.6 Å². The molecule has 0 bridgehead atoms. The lowest BCUT2D eigenvalue weighted by Gasteiger charge is -2.43. The fraction of sp³-hybridized carbons (Fsp3) is 0.480. The summed E-state index contributed by atoms with van der Waals surface area (Å²) in [4.78, 5) is 12.8. The van der Waals surface area contributed by atoms with Gasteiger partial charge in [0.1, 0.15) is 0 Å². The number of aliphatic hydroxyl groups is 1. The number of ether oxygens (including phenoxy) is 4. The summed E-state index contributed by atoms with van der Waals surface area (Å²) in [6.45, 7) is 0.603. The van der Waals surface area contributed by atoms with E-state index in [2.05, 4.69) is 5.32 Å². The van der Waals surface area contributed by atoms with Crippen molar-refractivity contribution in [3.05, 3.63) is 54.1 Å². The summed E-state index contributed by atoms with van der Waals surface area (Å²) < 4.78 is 50.7. The van der Waals surface area contributed by atoms with E-state index >= 15 is 0 Å². The van der Waals surface area contributed by atoms with Gasteiger partial charge in [0, 0.05) is 13.1 Å². The van der Waals surface area contributed by atoms with E-state index in [1.165, 1.54) is 4.31 Å². The fourth-order valence-electron chi connectivity index (χ4n) is 4.83. The zero-order valence-electron chi connectivity index (χ0n) is 19.7. The van der Waals surface area contributed by atoms with Crippen LogP contribution in [-0.2, 0) is 30.8 Å². The zero-order valence-corrected chi connectivity index (χ0v) is 20.6. The van der Waals surface area contributed by atoms with Gasteiger partial charge in [-0.15, -0.1) is 0 Å². The number of fused-ring (bicyclic) bond motifs is 2. The van der Waals surface area contributed by atoms with Crippen LogP contribution >= 0.6 is 0 Å². The Morgan fingerprint density at radius 3 is 2.69 bits per heavy atom. The molecule has 4 atom stereocenters. The smallest absolute Gasteiger partial charge is 0.243 e. The SMILES string of the molecule is O=C(C[C@H]1CC[C@@H]2[C@H](COC[C@@H](O)CN2S(=O)(=O)c2ccccc2)O1)NCc1ccc2c(c1)OCO2. The molecule has 2 aromatic carbocycles. The summed E-state index contributed by atoms with van der Waals surface area (Å²) in [7, 11) is -3.85. The van der Waals surface area contributed by atoms with Crippen molar-refractivity contribution < 1.29 is 37.3 Å². The highest BCUT2D eigenvalue weighted by Gasteiger charge is 2.43. The van der Waals surface area contributed by atoms with Crippen LogP contribution in [0.4, 0.5) is 0 Å². The van der Waals surface area contributed by atoms with Crippen LogP contribution in [0, 0.1) is 0 Å². The summed E-state index contributed by atoms with van der Waals surface area (Å²) in [6.07, 6.45) is -0.692. The van der Waals surface area contributed by atoms with E-state index < -0.39 is 28.3 Å². The molecule has 1 amide bonds. The molecule has 194 valence electrons. The average Bonchev–Trinajstić information content (AvgIpc) is 3.34. The Bertz CT molecular complexity index is 1180. The fourth-order valence-corrected chi connectivity index (χ4v) is 6.57. The van der Waals surface area contributed by atoms with E-state index in [1.54, 1.807) is 30.3 Å². The minimum absolute atomic E-state index is 0.00801. The highest BCUT2D eigenvalue weighted by atomic mass is 32.2. The summed E-state index contributed by atoms with van der Waals surface area (Å²) in [5.74, 6) is 1.19. The third kappa shape index (κ3) is 5.50. The van der Waals surface area contributed by atoms with Gasteiger partial charge in [0.2, 0.25) is 22.7 Å². The number of hydrogen-bond donors (Lipinski definition) is 2. The summed E-state index contributed by atoms with van der Waals surface area (Å²) >= 11 is 0. The monoisotopic (exact) mass is 518 g/mol. The molecule has 0 saturated carbocycles. The Labute approximate surface area is 210 Å². The second-order valence-electron chi connectivity index (χ2n) is 9.19. The Morgan fingerprint density at radius 2 is 1.86 bits per heavy atom. The van der Waals surface area contributed by atoms with Crippen molar-refractivity contribution in [2.24, 2.45) is 0 Å². The van der Waals surface area contributed by atoms with Crippen LogP contribution in [0.25, 0.3) is 0 Å². The van der Waals surface area contributed by atoms with E-state index in [9.17, 15) is 18.3 Å². The molecule has 11 heteroatoms. The largest absolute Gasteiger partial charge is 0.454 e. The Kier molecular flexibility index (Phi) is 7.44. The number of nitrogens with one attached hydrogen (secondary N) is 1. The molecule has 36 heavy (non-hydrogen) atoms. The number of hydrogen-bond acceptors (Lipinski definition) is 8. The van der Waals surface area contributed by atoms with Crippen molar-refractivity contribution in [1.29, 1.82) is 0 Å². The molecule has 0 aliphatic carbocycles. The van der Waals surface area contributed by atoms with Gasteiger partial charge >= 0.3 is 0 Å². The highest BCUT2D eigenvalue weighted by molar-refractivity contribution is 7.89. The zero-order chi connectivity index (χ0) is 25.1. The van der Waals surface area contributed by atoms with Crippen molar-refractivity contribution in [2.45, 2.75) is 55.1 Å². The lowest BCUT2D eigenvalue weighted by Crippen LogP contribution is -2.57. The number of nitrogens with zero attached hydrogens (tertiary/aromatic N) is 1. The lowest BCUT2D eigenvalue weighted by atomic mass is 9.96. The molecule has 0 radical (unpaired) electrons. The van der Waals surface area contributed by atoms with E-state index in [-0.39, 0.29) is 49.9 Å². The van der Waals surface area contributed by atoms with E-state index in [4.69, 9.17) is 18.9 Å². The van der Waals surface area contributed by atoms with Gasteiger partial charge in [0.25, 0.3) is 0 Å². The van der Waals surface area contributed by atoms with Gasteiger partial charge in [-0.2, -0.15) is 4.31 Å². The molecule has 3 heterocycles. The molecule has 2 saturated heterocycles. The summed E-state index contributed by atoms with van der Waals surface area (Å²) in [5.41, 5.74) is 0.894. The predicted octanol–water partition coefficient (Wildman–Crippen LogP) is 1.42. The van der Waals surface area contributed by atoms with Crippen molar-refractivity contribution >= 4 is 15.9 Å². The summed E-state index contributed by atoms with van der Waals surface area (Å²) in [6, 6.07) is 13.2. The van der Waals surface area contributed by atoms with Crippen LogP contribution in [0.3, 0.4) is 0 Å². The number of aliphatic hydroxyl groups excluding tert-OH is 1. The topological polar surface area (TPSA) is 124 Å². The number of sulfonamides is 1. The first kappa shape index (κ1) is 25.0. The molecule has 2 N–H and O–H groups in total. The first-order chi connectivity index (χ1) is 17.4. The standard InChI is InChI=1S/C25H30N2O8S/c28-18-13-27(36(30,31)20-4-2-1-3-5-20)21-8-7-19(35-24(21)15-32-14-18)11-25(29)26-12-17-6-9-22-23(10-17)34-16-33-22/h1-6,9-10,18-19,21,24,28H,7-8,11-16H2,(H,26,29)/t18-,19+,21+,24-/m0/s1. The van der Waals surface area contributed by atoms with Crippen LogP contribution in [0.5, 0.6) is 11.5 Å². The molecule has 0 aromatic heterocycles.